The molecule has 1 N–H and O–H groups in total. The molecule has 1 aromatic carbocycles. The van der Waals surface area contributed by atoms with Gasteiger partial charge in [0.25, 0.3) is 0 Å². The van der Waals surface area contributed by atoms with Crippen molar-refractivity contribution >= 4 is 22.7 Å². The summed E-state index contributed by atoms with van der Waals surface area (Å²) in [5, 5.41) is 9.93. The maximum absolute atomic E-state index is 8.82. The van der Waals surface area contributed by atoms with Crippen molar-refractivity contribution in [2.75, 3.05) is 5.75 Å². The lowest BCUT2D eigenvalue weighted by Gasteiger charge is -1.96. The Morgan fingerprint density at radius 2 is 2.40 bits per heavy atom. The highest BCUT2D eigenvalue weighted by Crippen LogP contribution is 2.28. The molecule has 0 amide bonds. The van der Waals surface area contributed by atoms with E-state index in [4.69, 9.17) is 5.26 Å². The largest absolute Gasteiger partial charge is 0.360 e. The minimum absolute atomic E-state index is 0.697. The van der Waals surface area contributed by atoms with E-state index in [0.29, 0.717) is 5.56 Å². The van der Waals surface area contributed by atoms with Gasteiger partial charge in [-0.3, -0.25) is 0 Å². The van der Waals surface area contributed by atoms with Crippen LogP contribution in [0, 0.1) is 11.3 Å². The SMILES string of the molecule is C=CCSc1c[nH]c2ccc(C#N)cc12. The third-order valence-electron chi connectivity index (χ3n) is 2.13. The van der Waals surface area contributed by atoms with Gasteiger partial charge in [-0.25, -0.2) is 0 Å². The lowest BCUT2D eigenvalue weighted by atomic mass is 10.2. The van der Waals surface area contributed by atoms with Gasteiger partial charge in [0.15, 0.2) is 0 Å². The Kier molecular flexibility index (Phi) is 2.79. The van der Waals surface area contributed by atoms with Gasteiger partial charge in [-0.2, -0.15) is 5.26 Å². The summed E-state index contributed by atoms with van der Waals surface area (Å²) >= 11 is 1.72. The standard InChI is InChI=1S/C12H10N2S/c1-2-5-15-12-8-14-11-4-3-9(7-13)6-10(11)12/h2-4,6,8,14H,1,5H2. The average molecular weight is 214 g/mol. The maximum Gasteiger partial charge on any atom is 0.0991 e. The molecule has 2 rings (SSSR count). The van der Waals surface area contributed by atoms with Gasteiger partial charge in [-0.05, 0) is 18.2 Å². The molecule has 2 nitrogen and oxygen atoms in total. The summed E-state index contributed by atoms with van der Waals surface area (Å²) in [6.07, 6.45) is 3.84. The van der Waals surface area contributed by atoms with Gasteiger partial charge < -0.3 is 4.98 Å². The Balaban J connectivity index is 2.47. The van der Waals surface area contributed by atoms with Crippen LogP contribution in [0.1, 0.15) is 5.56 Å². The number of aromatic nitrogens is 1. The molecule has 0 unspecified atom stereocenters. The fourth-order valence-electron chi connectivity index (χ4n) is 1.43. The van der Waals surface area contributed by atoms with E-state index in [-0.39, 0.29) is 0 Å². The summed E-state index contributed by atoms with van der Waals surface area (Å²) in [5.74, 6) is 0.879. The highest BCUT2D eigenvalue weighted by atomic mass is 32.2. The molecule has 1 aromatic heterocycles. The fraction of sp³-hybridized carbons (Fsp3) is 0.0833. The minimum Gasteiger partial charge on any atom is -0.360 e. The summed E-state index contributed by atoms with van der Waals surface area (Å²) in [4.78, 5) is 4.35. The molecule has 3 heteroatoms. The molecule has 0 spiro atoms. The van der Waals surface area contributed by atoms with Crippen LogP contribution in [0.4, 0.5) is 0 Å². The van der Waals surface area contributed by atoms with Crippen LogP contribution in [-0.4, -0.2) is 10.7 Å². The second-order valence-corrected chi connectivity index (χ2v) is 4.19. The van der Waals surface area contributed by atoms with E-state index in [0.717, 1.165) is 16.7 Å². The molecule has 0 atom stereocenters. The van der Waals surface area contributed by atoms with E-state index >= 15 is 0 Å². The summed E-state index contributed by atoms with van der Waals surface area (Å²) in [6, 6.07) is 7.82. The number of aromatic amines is 1. The van der Waals surface area contributed by atoms with Gasteiger partial charge >= 0.3 is 0 Å². The number of benzene rings is 1. The van der Waals surface area contributed by atoms with Crippen molar-refractivity contribution in [2.45, 2.75) is 4.90 Å². The van der Waals surface area contributed by atoms with E-state index in [1.54, 1.807) is 11.8 Å². The summed E-state index contributed by atoms with van der Waals surface area (Å²) in [7, 11) is 0. The van der Waals surface area contributed by atoms with Gasteiger partial charge in [-0.1, -0.05) is 6.08 Å². The van der Waals surface area contributed by atoms with E-state index < -0.39 is 0 Å². The zero-order valence-electron chi connectivity index (χ0n) is 8.16. The first-order valence-corrected chi connectivity index (χ1v) is 5.58. The van der Waals surface area contributed by atoms with E-state index in [1.165, 1.54) is 4.90 Å². The monoisotopic (exact) mass is 214 g/mol. The van der Waals surface area contributed by atoms with Crippen LogP contribution in [0.25, 0.3) is 10.9 Å². The zero-order valence-corrected chi connectivity index (χ0v) is 8.97. The number of hydrogen-bond acceptors (Lipinski definition) is 2. The third kappa shape index (κ3) is 1.90. The van der Waals surface area contributed by atoms with Crippen LogP contribution in [0.3, 0.4) is 0 Å². The van der Waals surface area contributed by atoms with Crippen molar-refractivity contribution in [3.63, 3.8) is 0 Å². The fourth-order valence-corrected chi connectivity index (χ4v) is 2.20. The number of nitrogens with one attached hydrogen (secondary N) is 1. The molecule has 74 valence electrons. The molecule has 0 saturated heterocycles. The van der Waals surface area contributed by atoms with E-state index in [9.17, 15) is 0 Å². The van der Waals surface area contributed by atoms with Crippen LogP contribution < -0.4 is 0 Å². The number of fused-ring (bicyclic) bond motifs is 1. The predicted octanol–water partition coefficient (Wildman–Crippen LogP) is 3.32. The predicted molar refractivity (Wildman–Crippen MR) is 63.9 cm³/mol. The van der Waals surface area contributed by atoms with E-state index in [1.807, 2.05) is 30.5 Å². The molecule has 0 saturated carbocycles. The number of rotatable bonds is 3. The first-order chi connectivity index (χ1) is 7.35. The lowest BCUT2D eigenvalue weighted by Crippen LogP contribution is -1.75. The van der Waals surface area contributed by atoms with Crippen molar-refractivity contribution in [1.82, 2.24) is 4.98 Å². The van der Waals surface area contributed by atoms with Crippen molar-refractivity contribution in [3.8, 4) is 6.07 Å². The summed E-state index contributed by atoms with van der Waals surface area (Å²) in [5.41, 5.74) is 1.77. The number of H-pyrrole nitrogens is 1. The lowest BCUT2D eigenvalue weighted by molar-refractivity contribution is 1.41. The molecule has 0 fully saturated rings. The Morgan fingerprint density at radius 3 is 3.13 bits per heavy atom. The second kappa shape index (κ2) is 4.24. The molecule has 2 aromatic rings. The van der Waals surface area contributed by atoms with Crippen LogP contribution >= 0.6 is 11.8 Å². The van der Waals surface area contributed by atoms with Crippen LogP contribution in [0.2, 0.25) is 0 Å². The molecule has 0 aliphatic carbocycles. The Bertz CT molecular complexity index is 534. The van der Waals surface area contributed by atoms with Crippen molar-refractivity contribution < 1.29 is 0 Å². The Hall–Kier alpha value is -1.66. The van der Waals surface area contributed by atoms with Crippen molar-refractivity contribution in [1.29, 1.82) is 5.26 Å². The third-order valence-corrected chi connectivity index (χ3v) is 3.18. The molecule has 0 radical (unpaired) electrons. The Labute approximate surface area is 92.6 Å². The topological polar surface area (TPSA) is 39.6 Å². The van der Waals surface area contributed by atoms with Crippen LogP contribution in [0.15, 0.2) is 41.9 Å². The average Bonchev–Trinajstić information content (AvgIpc) is 2.68. The number of thioether (sulfide) groups is 1. The van der Waals surface area contributed by atoms with Crippen molar-refractivity contribution in [3.05, 3.63) is 42.6 Å². The number of hydrogen-bond donors (Lipinski definition) is 1. The normalized spacial score (nSPS) is 10.1. The minimum atomic E-state index is 0.697. The summed E-state index contributed by atoms with van der Waals surface area (Å²) < 4.78 is 0. The van der Waals surface area contributed by atoms with Crippen molar-refractivity contribution in [2.24, 2.45) is 0 Å². The molecule has 0 bridgehead atoms. The number of nitriles is 1. The smallest absolute Gasteiger partial charge is 0.0991 e. The van der Waals surface area contributed by atoms with Crippen LogP contribution in [0.5, 0.6) is 0 Å². The molecule has 0 aliphatic heterocycles. The first kappa shape index (κ1) is 9.88. The van der Waals surface area contributed by atoms with Gasteiger partial charge in [-0.15, -0.1) is 18.3 Å². The molecule has 0 aliphatic rings. The van der Waals surface area contributed by atoms with Gasteiger partial charge in [0.2, 0.25) is 0 Å². The molecule has 15 heavy (non-hydrogen) atoms. The molecular formula is C12H10N2S. The second-order valence-electron chi connectivity index (χ2n) is 3.12. The van der Waals surface area contributed by atoms with Gasteiger partial charge in [0, 0.05) is 27.7 Å². The Morgan fingerprint density at radius 1 is 1.53 bits per heavy atom. The quantitative estimate of drug-likeness (QED) is 0.629. The highest BCUT2D eigenvalue weighted by Gasteiger charge is 2.04. The maximum atomic E-state index is 8.82. The van der Waals surface area contributed by atoms with Gasteiger partial charge in [0.1, 0.15) is 0 Å². The van der Waals surface area contributed by atoms with Gasteiger partial charge in [0.05, 0.1) is 11.6 Å². The molecule has 1 heterocycles. The summed E-state index contributed by atoms with van der Waals surface area (Å²) in [6.45, 7) is 3.69. The van der Waals surface area contributed by atoms with Crippen LogP contribution in [-0.2, 0) is 0 Å². The highest BCUT2D eigenvalue weighted by molar-refractivity contribution is 7.99. The molecular weight excluding hydrogens is 204 g/mol. The van der Waals surface area contributed by atoms with E-state index in [2.05, 4.69) is 17.6 Å². The zero-order chi connectivity index (χ0) is 10.7. The first-order valence-electron chi connectivity index (χ1n) is 4.60. The number of nitrogens with zero attached hydrogens (tertiary/aromatic N) is 1.